The van der Waals surface area contributed by atoms with Crippen LogP contribution in [0, 0.1) is 0 Å². The number of rotatable bonds is 39. The van der Waals surface area contributed by atoms with Crippen molar-refractivity contribution >= 4 is 19.8 Å². The van der Waals surface area contributed by atoms with Crippen LogP contribution in [0.2, 0.25) is 0 Å². The van der Waals surface area contributed by atoms with Crippen LogP contribution in [0.25, 0.3) is 0 Å². The van der Waals surface area contributed by atoms with Crippen LogP contribution in [0.4, 0.5) is 0 Å². The number of carbonyl (C=O) groups excluding carboxylic acids is 2. The Morgan fingerprint density at radius 3 is 1.53 bits per heavy atom. The summed E-state index contributed by atoms with van der Waals surface area (Å²) in [5.74, 6) is -0.839. The van der Waals surface area contributed by atoms with Gasteiger partial charge >= 0.3 is 19.8 Å². The van der Waals surface area contributed by atoms with E-state index in [9.17, 15) is 19.0 Å². The summed E-state index contributed by atoms with van der Waals surface area (Å²) in [5, 5.41) is 0. The first kappa shape index (κ1) is 49.5. The summed E-state index contributed by atoms with van der Waals surface area (Å²) in [5.41, 5.74) is 5.34. The molecule has 0 rings (SSSR count). The Morgan fingerprint density at radius 1 is 0.588 bits per heavy atom. The highest BCUT2D eigenvalue weighted by molar-refractivity contribution is 7.47. The molecule has 0 aliphatic rings. The van der Waals surface area contributed by atoms with Gasteiger partial charge in [0.1, 0.15) is 6.61 Å². The van der Waals surface area contributed by atoms with E-state index in [0.29, 0.717) is 6.42 Å². The Labute approximate surface area is 312 Å². The van der Waals surface area contributed by atoms with Crippen LogP contribution in [0.1, 0.15) is 194 Å². The van der Waals surface area contributed by atoms with Crippen molar-refractivity contribution in [2.75, 3.05) is 26.4 Å². The van der Waals surface area contributed by atoms with E-state index in [1.165, 1.54) is 103 Å². The summed E-state index contributed by atoms with van der Waals surface area (Å²) >= 11 is 0. The first-order valence-electron chi connectivity index (χ1n) is 20.8. The van der Waals surface area contributed by atoms with E-state index < -0.39 is 32.5 Å². The van der Waals surface area contributed by atoms with E-state index in [1.807, 2.05) is 0 Å². The normalized spacial score (nSPS) is 13.6. The van der Waals surface area contributed by atoms with Crippen molar-refractivity contribution in [3.05, 3.63) is 24.3 Å². The van der Waals surface area contributed by atoms with Crippen molar-refractivity contribution in [1.29, 1.82) is 0 Å². The zero-order chi connectivity index (χ0) is 37.5. The SMILES string of the molecule is CCCCCC=CCC=CCCCCCCCC(=O)OCC(COP(=O)(O)OCCN)OC(=O)CCCCCCCCCCCCCCCCC. The largest absolute Gasteiger partial charge is 0.472 e. The van der Waals surface area contributed by atoms with Crippen LogP contribution in [-0.2, 0) is 32.7 Å². The summed E-state index contributed by atoms with van der Waals surface area (Å²) in [7, 11) is -4.37. The monoisotopic (exact) mass is 744 g/mol. The average Bonchev–Trinajstić information content (AvgIpc) is 3.11. The fourth-order valence-corrected chi connectivity index (χ4v) is 6.49. The Morgan fingerprint density at radius 2 is 1.02 bits per heavy atom. The van der Waals surface area contributed by atoms with Crippen molar-refractivity contribution in [2.45, 2.75) is 200 Å². The van der Waals surface area contributed by atoms with Gasteiger partial charge in [0.05, 0.1) is 13.2 Å². The molecule has 0 aromatic heterocycles. The molecule has 9 nitrogen and oxygen atoms in total. The lowest BCUT2D eigenvalue weighted by atomic mass is 10.0. The molecule has 0 saturated heterocycles. The second-order valence-electron chi connectivity index (χ2n) is 13.9. The van der Waals surface area contributed by atoms with Gasteiger partial charge in [-0.05, 0) is 44.9 Å². The van der Waals surface area contributed by atoms with Gasteiger partial charge < -0.3 is 20.1 Å². The molecule has 0 aliphatic carbocycles. The van der Waals surface area contributed by atoms with Crippen LogP contribution in [0.5, 0.6) is 0 Å². The predicted molar refractivity (Wildman–Crippen MR) is 211 cm³/mol. The zero-order valence-electron chi connectivity index (χ0n) is 32.8. The fourth-order valence-electron chi connectivity index (χ4n) is 5.72. The molecule has 0 fully saturated rings. The molecule has 0 amide bonds. The number of ether oxygens (including phenoxy) is 2. The molecule has 0 bridgehead atoms. The lowest BCUT2D eigenvalue weighted by Crippen LogP contribution is -2.29. The maximum atomic E-state index is 12.6. The predicted octanol–water partition coefficient (Wildman–Crippen LogP) is 11.6. The van der Waals surface area contributed by atoms with Crippen LogP contribution in [0.3, 0.4) is 0 Å². The second kappa shape index (κ2) is 38.2. The van der Waals surface area contributed by atoms with Gasteiger partial charge in [0.25, 0.3) is 0 Å². The molecule has 0 radical (unpaired) electrons. The number of carbonyl (C=O) groups is 2. The van der Waals surface area contributed by atoms with Crippen molar-refractivity contribution in [1.82, 2.24) is 0 Å². The topological polar surface area (TPSA) is 134 Å². The molecule has 10 heteroatoms. The third-order valence-corrected chi connectivity index (χ3v) is 9.82. The van der Waals surface area contributed by atoms with E-state index in [0.717, 1.165) is 57.8 Å². The van der Waals surface area contributed by atoms with Gasteiger partial charge in [-0.3, -0.25) is 18.6 Å². The number of esters is 2. The van der Waals surface area contributed by atoms with Gasteiger partial charge in [-0.2, -0.15) is 0 Å². The molecule has 0 heterocycles. The molecule has 0 aliphatic heterocycles. The van der Waals surface area contributed by atoms with Gasteiger partial charge in [-0.25, -0.2) is 4.57 Å². The molecule has 2 atom stereocenters. The summed E-state index contributed by atoms with van der Waals surface area (Å²) in [6.45, 7) is 3.70. The number of hydrogen-bond donors (Lipinski definition) is 2. The molecule has 0 spiro atoms. The van der Waals surface area contributed by atoms with E-state index in [4.69, 9.17) is 24.3 Å². The minimum atomic E-state index is -4.37. The number of hydrogen-bond acceptors (Lipinski definition) is 8. The summed E-state index contributed by atoms with van der Waals surface area (Å²) in [6, 6.07) is 0. The molecule has 3 N–H and O–H groups in total. The van der Waals surface area contributed by atoms with Crippen LogP contribution in [-0.4, -0.2) is 49.3 Å². The minimum Gasteiger partial charge on any atom is -0.462 e. The molecule has 51 heavy (non-hydrogen) atoms. The highest BCUT2D eigenvalue weighted by Crippen LogP contribution is 2.43. The number of phosphoric acid groups is 1. The Bertz CT molecular complexity index is 897. The summed E-state index contributed by atoms with van der Waals surface area (Å²) in [6.07, 6.45) is 39.1. The first-order valence-corrected chi connectivity index (χ1v) is 22.3. The fraction of sp³-hybridized carbons (Fsp3) is 0.854. The standard InChI is InChI=1S/C41H78NO8P/c1-3-5-7-9-11-13-15-17-19-21-23-25-27-29-31-33-40(43)47-37-39(38-49-51(45,46)48-36-35-42)50-41(44)34-32-30-28-26-24-22-20-18-16-14-12-10-8-6-4-2/h11,13,17,19,39H,3-10,12,14-16,18,20-38,42H2,1-2H3,(H,45,46). The number of unbranched alkanes of at least 4 members (excludes halogenated alkanes) is 22. The van der Waals surface area contributed by atoms with Crippen molar-refractivity contribution in [3.63, 3.8) is 0 Å². The number of nitrogens with two attached hydrogens (primary N) is 1. The minimum absolute atomic E-state index is 0.0529. The summed E-state index contributed by atoms with van der Waals surface area (Å²) < 4.78 is 32.7. The molecular weight excluding hydrogens is 665 g/mol. The quantitative estimate of drug-likeness (QED) is 0.0273. The maximum absolute atomic E-state index is 12.6. The Balaban J connectivity index is 4.18. The molecule has 0 aromatic rings. The zero-order valence-corrected chi connectivity index (χ0v) is 33.7. The number of phosphoric ester groups is 1. The van der Waals surface area contributed by atoms with Gasteiger partial charge in [-0.1, -0.05) is 160 Å². The number of allylic oxidation sites excluding steroid dienone is 4. The molecule has 2 unspecified atom stereocenters. The maximum Gasteiger partial charge on any atom is 0.472 e. The third kappa shape index (κ3) is 38.0. The molecular formula is C41H78NO8P. The van der Waals surface area contributed by atoms with Crippen LogP contribution >= 0.6 is 7.82 Å². The van der Waals surface area contributed by atoms with Gasteiger partial charge in [-0.15, -0.1) is 0 Å². The molecule has 300 valence electrons. The third-order valence-electron chi connectivity index (χ3n) is 8.84. The second-order valence-corrected chi connectivity index (χ2v) is 15.3. The lowest BCUT2D eigenvalue weighted by molar-refractivity contribution is -0.161. The van der Waals surface area contributed by atoms with E-state index in [2.05, 4.69) is 38.2 Å². The summed E-state index contributed by atoms with van der Waals surface area (Å²) in [4.78, 5) is 34.8. The smallest absolute Gasteiger partial charge is 0.462 e. The molecule has 0 aromatic carbocycles. The van der Waals surface area contributed by atoms with Crippen LogP contribution in [0.15, 0.2) is 24.3 Å². The van der Waals surface area contributed by atoms with Crippen molar-refractivity contribution in [3.8, 4) is 0 Å². The van der Waals surface area contributed by atoms with Crippen molar-refractivity contribution < 1.29 is 37.6 Å². The highest BCUT2D eigenvalue weighted by atomic mass is 31.2. The first-order chi connectivity index (χ1) is 24.8. The van der Waals surface area contributed by atoms with E-state index in [-0.39, 0.29) is 32.6 Å². The Hall–Kier alpha value is -1.51. The van der Waals surface area contributed by atoms with E-state index >= 15 is 0 Å². The lowest BCUT2D eigenvalue weighted by Gasteiger charge is -2.19. The van der Waals surface area contributed by atoms with E-state index in [1.54, 1.807) is 0 Å². The molecule has 0 saturated carbocycles. The van der Waals surface area contributed by atoms with Crippen LogP contribution < -0.4 is 5.73 Å². The average molecular weight is 744 g/mol. The van der Waals surface area contributed by atoms with Gasteiger partial charge in [0, 0.05) is 19.4 Å². The van der Waals surface area contributed by atoms with Gasteiger partial charge in [0.15, 0.2) is 6.10 Å². The highest BCUT2D eigenvalue weighted by Gasteiger charge is 2.26. The van der Waals surface area contributed by atoms with Crippen molar-refractivity contribution in [2.24, 2.45) is 5.73 Å². The van der Waals surface area contributed by atoms with Gasteiger partial charge in [0.2, 0.25) is 0 Å². The Kier molecular flexibility index (Phi) is 37.1.